The Morgan fingerprint density at radius 2 is 1.71 bits per heavy atom. The summed E-state index contributed by atoms with van der Waals surface area (Å²) in [5.41, 5.74) is 1.74. The van der Waals surface area contributed by atoms with Gasteiger partial charge in [0.2, 0.25) is 5.82 Å². The first-order valence-electron chi connectivity index (χ1n) is 6.17. The van der Waals surface area contributed by atoms with Gasteiger partial charge in [0.05, 0.1) is 0 Å². The van der Waals surface area contributed by atoms with Gasteiger partial charge >= 0.3 is 0 Å². The Morgan fingerprint density at radius 3 is 2.43 bits per heavy atom. The molecule has 106 valence electrons. The van der Waals surface area contributed by atoms with Crippen molar-refractivity contribution in [3.63, 3.8) is 0 Å². The quantitative estimate of drug-likeness (QED) is 0.756. The van der Waals surface area contributed by atoms with Crippen LogP contribution in [-0.4, -0.2) is 20.4 Å². The number of hydrogen-bond donors (Lipinski definition) is 2. The summed E-state index contributed by atoms with van der Waals surface area (Å²) in [7, 11) is 0. The maximum Gasteiger partial charge on any atom is 0.258 e. The summed E-state index contributed by atoms with van der Waals surface area (Å²) in [5.74, 6) is -0.522. The lowest BCUT2D eigenvalue weighted by atomic mass is 10.1. The molecule has 0 fully saturated rings. The summed E-state index contributed by atoms with van der Waals surface area (Å²) in [4.78, 5) is 4.18. The van der Waals surface area contributed by atoms with Crippen LogP contribution in [0.5, 0.6) is 11.5 Å². The molecule has 1 heterocycles. The first-order chi connectivity index (χ1) is 10.0. The van der Waals surface area contributed by atoms with Crippen molar-refractivity contribution in [1.82, 2.24) is 10.1 Å². The second kappa shape index (κ2) is 4.90. The molecule has 0 saturated carbocycles. The Hall–Kier alpha value is -2.89. The van der Waals surface area contributed by atoms with E-state index in [2.05, 4.69) is 10.1 Å². The van der Waals surface area contributed by atoms with Crippen LogP contribution in [0.15, 0.2) is 40.9 Å². The number of aryl methyl sites for hydroxylation is 1. The van der Waals surface area contributed by atoms with E-state index in [4.69, 9.17) is 9.63 Å². The molecule has 0 radical (unpaired) electrons. The molecule has 2 N–H and O–H groups in total. The topological polar surface area (TPSA) is 79.4 Å². The highest BCUT2D eigenvalue weighted by Crippen LogP contribution is 2.27. The largest absolute Gasteiger partial charge is 0.508 e. The molecular formula is C15H11FN2O3. The van der Waals surface area contributed by atoms with Gasteiger partial charge in [0.15, 0.2) is 11.6 Å². The standard InChI is InChI=1S/C15H11FN2O3/c1-8-6-10(3-4-12(8)19)15-17-14(18-21-15)9-2-5-13(20)11(16)7-9/h2-7,19-20H,1H3. The van der Waals surface area contributed by atoms with E-state index in [1.807, 2.05) is 0 Å². The maximum atomic E-state index is 13.3. The highest BCUT2D eigenvalue weighted by Gasteiger charge is 2.13. The minimum Gasteiger partial charge on any atom is -0.508 e. The number of rotatable bonds is 2. The second-order valence-electron chi connectivity index (χ2n) is 4.59. The lowest BCUT2D eigenvalue weighted by Crippen LogP contribution is -1.84. The minimum atomic E-state index is -0.751. The number of phenolic OH excluding ortho intramolecular Hbond substituents is 2. The third kappa shape index (κ3) is 2.43. The van der Waals surface area contributed by atoms with E-state index in [0.29, 0.717) is 16.7 Å². The van der Waals surface area contributed by atoms with Crippen molar-refractivity contribution >= 4 is 0 Å². The molecule has 5 nitrogen and oxygen atoms in total. The van der Waals surface area contributed by atoms with E-state index in [1.165, 1.54) is 18.2 Å². The zero-order valence-corrected chi connectivity index (χ0v) is 11.0. The molecule has 0 spiro atoms. The Kier molecular flexibility index (Phi) is 3.06. The molecule has 0 amide bonds. The first kappa shape index (κ1) is 13.1. The van der Waals surface area contributed by atoms with Gasteiger partial charge < -0.3 is 14.7 Å². The predicted molar refractivity (Wildman–Crippen MR) is 73.2 cm³/mol. The Morgan fingerprint density at radius 1 is 1.00 bits per heavy atom. The van der Waals surface area contributed by atoms with Crippen LogP contribution < -0.4 is 0 Å². The monoisotopic (exact) mass is 286 g/mol. The molecule has 21 heavy (non-hydrogen) atoms. The van der Waals surface area contributed by atoms with Crippen LogP contribution in [-0.2, 0) is 0 Å². The van der Waals surface area contributed by atoms with Crippen molar-refractivity contribution < 1.29 is 19.1 Å². The molecular weight excluding hydrogens is 275 g/mol. The molecule has 2 aromatic carbocycles. The Bertz CT molecular complexity index is 748. The van der Waals surface area contributed by atoms with Crippen molar-refractivity contribution in [2.24, 2.45) is 0 Å². The zero-order valence-electron chi connectivity index (χ0n) is 11.0. The van der Waals surface area contributed by atoms with Gasteiger partial charge in [0.25, 0.3) is 5.89 Å². The van der Waals surface area contributed by atoms with Gasteiger partial charge in [-0.15, -0.1) is 0 Å². The Balaban J connectivity index is 1.99. The third-order valence-electron chi connectivity index (χ3n) is 3.08. The molecule has 0 bridgehead atoms. The van der Waals surface area contributed by atoms with Crippen molar-refractivity contribution in [2.45, 2.75) is 6.92 Å². The third-order valence-corrected chi connectivity index (χ3v) is 3.08. The van der Waals surface area contributed by atoms with Crippen molar-refractivity contribution in [2.75, 3.05) is 0 Å². The van der Waals surface area contributed by atoms with Crippen molar-refractivity contribution in [1.29, 1.82) is 0 Å². The van der Waals surface area contributed by atoms with E-state index in [9.17, 15) is 9.50 Å². The van der Waals surface area contributed by atoms with E-state index in [0.717, 1.165) is 6.07 Å². The Labute approximate surface area is 119 Å². The molecule has 3 aromatic rings. The van der Waals surface area contributed by atoms with Crippen molar-refractivity contribution in [3.8, 4) is 34.3 Å². The predicted octanol–water partition coefficient (Wildman–Crippen LogP) is 3.26. The number of nitrogens with zero attached hydrogens (tertiary/aromatic N) is 2. The zero-order chi connectivity index (χ0) is 15.0. The van der Waals surface area contributed by atoms with E-state index in [-0.39, 0.29) is 17.5 Å². The average molecular weight is 286 g/mol. The highest BCUT2D eigenvalue weighted by atomic mass is 19.1. The summed E-state index contributed by atoms with van der Waals surface area (Å²) in [5, 5.41) is 22.5. The van der Waals surface area contributed by atoms with Gasteiger partial charge in [-0.3, -0.25) is 0 Å². The van der Waals surface area contributed by atoms with Gasteiger partial charge in [-0.05, 0) is 48.9 Å². The van der Waals surface area contributed by atoms with Crippen LogP contribution in [0.3, 0.4) is 0 Å². The number of aromatic hydroxyl groups is 2. The molecule has 6 heteroatoms. The normalized spacial score (nSPS) is 10.8. The summed E-state index contributed by atoms with van der Waals surface area (Å²) < 4.78 is 18.5. The number of halogens is 1. The lowest BCUT2D eigenvalue weighted by molar-refractivity contribution is 0.429. The molecule has 0 aliphatic rings. The smallest absolute Gasteiger partial charge is 0.258 e. The molecule has 0 atom stereocenters. The van der Waals surface area contributed by atoms with Crippen LogP contribution in [0.1, 0.15) is 5.56 Å². The van der Waals surface area contributed by atoms with Crippen LogP contribution in [0.25, 0.3) is 22.8 Å². The SMILES string of the molecule is Cc1cc(-c2nc(-c3ccc(O)c(F)c3)no2)ccc1O. The molecule has 0 aliphatic heterocycles. The van der Waals surface area contributed by atoms with Crippen LogP contribution in [0, 0.1) is 12.7 Å². The van der Waals surface area contributed by atoms with Gasteiger partial charge in [0.1, 0.15) is 5.75 Å². The summed E-state index contributed by atoms with van der Waals surface area (Å²) >= 11 is 0. The lowest BCUT2D eigenvalue weighted by Gasteiger charge is -1.99. The van der Waals surface area contributed by atoms with Crippen LogP contribution >= 0.6 is 0 Å². The number of benzene rings is 2. The number of aromatic nitrogens is 2. The van der Waals surface area contributed by atoms with E-state index < -0.39 is 11.6 Å². The maximum absolute atomic E-state index is 13.3. The molecule has 1 aromatic heterocycles. The number of phenols is 2. The molecule has 0 saturated heterocycles. The fourth-order valence-corrected chi connectivity index (χ4v) is 1.89. The molecule has 3 rings (SSSR count). The average Bonchev–Trinajstić information content (AvgIpc) is 2.94. The minimum absolute atomic E-state index is 0.180. The fraction of sp³-hybridized carbons (Fsp3) is 0.0667. The van der Waals surface area contributed by atoms with Gasteiger partial charge in [-0.2, -0.15) is 4.98 Å². The first-order valence-corrected chi connectivity index (χ1v) is 6.17. The van der Waals surface area contributed by atoms with Gasteiger partial charge in [-0.25, -0.2) is 4.39 Å². The highest BCUT2D eigenvalue weighted by molar-refractivity contribution is 5.62. The molecule has 0 aliphatic carbocycles. The van der Waals surface area contributed by atoms with Gasteiger partial charge in [0, 0.05) is 11.1 Å². The fourth-order valence-electron chi connectivity index (χ4n) is 1.89. The van der Waals surface area contributed by atoms with E-state index >= 15 is 0 Å². The van der Waals surface area contributed by atoms with E-state index in [1.54, 1.807) is 19.1 Å². The van der Waals surface area contributed by atoms with Gasteiger partial charge in [-0.1, -0.05) is 5.16 Å². The summed E-state index contributed by atoms with van der Waals surface area (Å²) in [6, 6.07) is 8.75. The second-order valence-corrected chi connectivity index (χ2v) is 4.59. The van der Waals surface area contributed by atoms with Crippen LogP contribution in [0.2, 0.25) is 0 Å². The summed E-state index contributed by atoms with van der Waals surface area (Å²) in [6.07, 6.45) is 0. The van der Waals surface area contributed by atoms with Crippen LogP contribution in [0.4, 0.5) is 4.39 Å². The van der Waals surface area contributed by atoms with Crippen molar-refractivity contribution in [3.05, 3.63) is 47.8 Å². The molecule has 0 unspecified atom stereocenters. The number of hydrogen-bond acceptors (Lipinski definition) is 5. The summed E-state index contributed by atoms with van der Waals surface area (Å²) in [6.45, 7) is 1.76.